The predicted octanol–water partition coefficient (Wildman–Crippen LogP) is 3.18. The quantitative estimate of drug-likeness (QED) is 0.879. The molecule has 2 aromatic rings. The number of pyridine rings is 1. The van der Waals surface area contributed by atoms with Crippen LogP contribution in [0.25, 0.3) is 0 Å². The lowest BCUT2D eigenvalue weighted by molar-refractivity contribution is -0.123. The fraction of sp³-hybridized carbons (Fsp3) is 0.350. The van der Waals surface area contributed by atoms with E-state index in [2.05, 4.69) is 24.1 Å². The van der Waals surface area contributed by atoms with Gasteiger partial charge in [-0.15, -0.1) is 0 Å². The Morgan fingerprint density at radius 1 is 1.20 bits per heavy atom. The molecule has 0 fully saturated rings. The summed E-state index contributed by atoms with van der Waals surface area (Å²) in [6, 6.07) is 9.68. The Hall–Kier alpha value is -2.69. The molecule has 0 aliphatic carbocycles. The molecule has 0 aliphatic heterocycles. The molecular weight excluding hydrogens is 314 g/mol. The van der Waals surface area contributed by atoms with Crippen LogP contribution in [0.2, 0.25) is 0 Å². The van der Waals surface area contributed by atoms with Crippen LogP contribution in [0.4, 0.5) is 5.69 Å². The number of rotatable bonds is 6. The van der Waals surface area contributed by atoms with Crippen LogP contribution in [0.1, 0.15) is 43.4 Å². The van der Waals surface area contributed by atoms with E-state index in [0.29, 0.717) is 6.54 Å². The Labute approximate surface area is 149 Å². The average Bonchev–Trinajstić information content (AvgIpc) is 2.58. The molecule has 0 atom stereocenters. The second-order valence-corrected chi connectivity index (χ2v) is 6.41. The summed E-state index contributed by atoms with van der Waals surface area (Å²) < 4.78 is 0. The van der Waals surface area contributed by atoms with Crippen LogP contribution >= 0.6 is 0 Å². The fourth-order valence-electron chi connectivity index (χ4n) is 2.77. The SMILES string of the molecule is CC(=O)N(CC(=O)NCc1cccnc1)c1c(C)cccc1C(C)C. The minimum absolute atomic E-state index is 0.000167. The van der Waals surface area contributed by atoms with Crippen LogP contribution in [-0.4, -0.2) is 23.3 Å². The zero-order valence-corrected chi connectivity index (χ0v) is 15.2. The molecule has 5 nitrogen and oxygen atoms in total. The molecule has 0 saturated heterocycles. The number of aromatic nitrogens is 1. The van der Waals surface area contributed by atoms with Crippen molar-refractivity contribution >= 4 is 17.5 Å². The van der Waals surface area contributed by atoms with Crippen molar-refractivity contribution in [3.63, 3.8) is 0 Å². The third-order valence-corrected chi connectivity index (χ3v) is 4.06. The molecule has 0 spiro atoms. The zero-order valence-electron chi connectivity index (χ0n) is 15.2. The monoisotopic (exact) mass is 339 g/mol. The van der Waals surface area contributed by atoms with Gasteiger partial charge < -0.3 is 10.2 Å². The highest BCUT2D eigenvalue weighted by Gasteiger charge is 2.21. The van der Waals surface area contributed by atoms with Crippen LogP contribution in [0.3, 0.4) is 0 Å². The Kier molecular flexibility index (Phi) is 6.28. The van der Waals surface area contributed by atoms with E-state index < -0.39 is 0 Å². The molecular formula is C20H25N3O2. The fourth-order valence-corrected chi connectivity index (χ4v) is 2.77. The van der Waals surface area contributed by atoms with Crippen molar-refractivity contribution in [1.29, 1.82) is 0 Å². The number of benzene rings is 1. The lowest BCUT2D eigenvalue weighted by Gasteiger charge is -2.27. The molecule has 0 unspecified atom stereocenters. The van der Waals surface area contributed by atoms with E-state index in [9.17, 15) is 9.59 Å². The molecule has 0 aliphatic rings. The summed E-state index contributed by atoms with van der Waals surface area (Å²) in [7, 11) is 0. The molecule has 1 heterocycles. The molecule has 132 valence electrons. The van der Waals surface area contributed by atoms with Gasteiger partial charge in [0.1, 0.15) is 6.54 Å². The van der Waals surface area contributed by atoms with E-state index in [0.717, 1.165) is 22.4 Å². The van der Waals surface area contributed by atoms with Gasteiger partial charge in [-0.05, 0) is 35.6 Å². The number of aryl methyl sites for hydroxylation is 1. The topological polar surface area (TPSA) is 62.3 Å². The van der Waals surface area contributed by atoms with Gasteiger partial charge in [-0.1, -0.05) is 38.1 Å². The minimum atomic E-state index is -0.197. The van der Waals surface area contributed by atoms with Gasteiger partial charge in [0, 0.05) is 25.9 Å². The third-order valence-electron chi connectivity index (χ3n) is 4.06. The van der Waals surface area contributed by atoms with Crippen LogP contribution in [-0.2, 0) is 16.1 Å². The van der Waals surface area contributed by atoms with Gasteiger partial charge in [0.25, 0.3) is 0 Å². The highest BCUT2D eigenvalue weighted by molar-refractivity contribution is 5.98. The lowest BCUT2D eigenvalue weighted by atomic mass is 9.97. The summed E-state index contributed by atoms with van der Waals surface area (Å²) in [5.74, 6) is -0.0834. The van der Waals surface area contributed by atoms with Crippen LogP contribution in [0.15, 0.2) is 42.7 Å². The number of hydrogen-bond donors (Lipinski definition) is 1. The van der Waals surface area contributed by atoms with E-state index in [1.165, 1.54) is 6.92 Å². The summed E-state index contributed by atoms with van der Waals surface area (Å²) in [4.78, 5) is 30.2. The van der Waals surface area contributed by atoms with Gasteiger partial charge >= 0.3 is 0 Å². The number of nitrogens with one attached hydrogen (secondary N) is 1. The van der Waals surface area contributed by atoms with Crippen LogP contribution in [0, 0.1) is 6.92 Å². The standard InChI is InChI=1S/C20H25N3O2/c1-14(2)18-9-5-7-15(3)20(18)23(16(4)24)13-19(25)22-12-17-8-6-10-21-11-17/h5-11,14H,12-13H2,1-4H3,(H,22,25). The summed E-state index contributed by atoms with van der Waals surface area (Å²) in [5.41, 5.74) is 3.81. The summed E-state index contributed by atoms with van der Waals surface area (Å²) in [5, 5.41) is 2.85. The Balaban J connectivity index is 2.17. The lowest BCUT2D eigenvalue weighted by Crippen LogP contribution is -2.40. The number of para-hydroxylation sites is 1. The zero-order chi connectivity index (χ0) is 18.4. The largest absolute Gasteiger partial charge is 0.350 e. The number of hydrogen-bond acceptors (Lipinski definition) is 3. The van der Waals surface area contributed by atoms with Crippen molar-refractivity contribution in [3.8, 4) is 0 Å². The molecule has 1 aromatic heterocycles. The molecule has 1 N–H and O–H groups in total. The van der Waals surface area contributed by atoms with E-state index in [4.69, 9.17) is 0 Å². The molecule has 5 heteroatoms. The van der Waals surface area contributed by atoms with Crippen molar-refractivity contribution in [2.75, 3.05) is 11.4 Å². The van der Waals surface area contributed by atoms with Gasteiger partial charge in [0.15, 0.2) is 0 Å². The van der Waals surface area contributed by atoms with Crippen molar-refractivity contribution in [2.45, 2.75) is 40.2 Å². The van der Waals surface area contributed by atoms with Gasteiger partial charge in [-0.25, -0.2) is 0 Å². The maximum absolute atomic E-state index is 12.4. The minimum Gasteiger partial charge on any atom is -0.350 e. The second-order valence-electron chi connectivity index (χ2n) is 6.41. The maximum Gasteiger partial charge on any atom is 0.240 e. The third kappa shape index (κ3) is 4.89. The van der Waals surface area contributed by atoms with Crippen molar-refractivity contribution in [2.24, 2.45) is 0 Å². The molecule has 25 heavy (non-hydrogen) atoms. The van der Waals surface area contributed by atoms with Crippen LogP contribution < -0.4 is 10.2 Å². The number of carbonyl (C=O) groups is 2. The van der Waals surface area contributed by atoms with Gasteiger partial charge in [-0.3, -0.25) is 14.6 Å². The highest BCUT2D eigenvalue weighted by atomic mass is 16.2. The Morgan fingerprint density at radius 2 is 1.96 bits per heavy atom. The number of carbonyl (C=O) groups excluding carboxylic acids is 2. The molecule has 2 rings (SSSR count). The smallest absolute Gasteiger partial charge is 0.240 e. The first-order valence-electron chi connectivity index (χ1n) is 8.43. The molecule has 1 aromatic carbocycles. The Bertz CT molecular complexity index is 742. The van der Waals surface area contributed by atoms with Gasteiger partial charge in [0.2, 0.25) is 11.8 Å². The number of nitrogens with zero attached hydrogens (tertiary/aromatic N) is 2. The van der Waals surface area contributed by atoms with Gasteiger partial charge in [-0.2, -0.15) is 0 Å². The maximum atomic E-state index is 12.4. The first kappa shape index (κ1) is 18.6. The van der Waals surface area contributed by atoms with E-state index in [-0.39, 0.29) is 24.3 Å². The number of anilines is 1. The van der Waals surface area contributed by atoms with Crippen molar-refractivity contribution in [3.05, 3.63) is 59.4 Å². The van der Waals surface area contributed by atoms with Crippen molar-refractivity contribution in [1.82, 2.24) is 10.3 Å². The first-order chi connectivity index (χ1) is 11.9. The first-order valence-corrected chi connectivity index (χ1v) is 8.43. The average molecular weight is 339 g/mol. The number of amides is 2. The van der Waals surface area contributed by atoms with Crippen LogP contribution in [0.5, 0.6) is 0 Å². The van der Waals surface area contributed by atoms with E-state index >= 15 is 0 Å². The second kappa shape index (κ2) is 8.42. The summed E-state index contributed by atoms with van der Waals surface area (Å²) in [6.07, 6.45) is 3.40. The van der Waals surface area contributed by atoms with E-state index in [1.54, 1.807) is 17.3 Å². The van der Waals surface area contributed by atoms with Gasteiger partial charge in [0.05, 0.1) is 5.69 Å². The molecule has 0 bridgehead atoms. The predicted molar refractivity (Wildman–Crippen MR) is 99.4 cm³/mol. The normalized spacial score (nSPS) is 10.6. The van der Waals surface area contributed by atoms with Crippen molar-refractivity contribution < 1.29 is 9.59 Å². The van der Waals surface area contributed by atoms with E-state index in [1.807, 2.05) is 37.3 Å². The molecule has 0 radical (unpaired) electrons. The Morgan fingerprint density at radius 3 is 2.56 bits per heavy atom. The molecule has 0 saturated carbocycles. The summed E-state index contributed by atoms with van der Waals surface area (Å²) >= 11 is 0. The summed E-state index contributed by atoms with van der Waals surface area (Å²) in [6.45, 7) is 8.01. The highest BCUT2D eigenvalue weighted by Crippen LogP contribution is 2.31. The molecule has 2 amide bonds.